The molecule has 0 radical (unpaired) electrons. The van der Waals surface area contributed by atoms with E-state index in [-0.39, 0.29) is 24.6 Å². The number of rotatable bonds is 11. The fraction of sp³-hybridized carbons (Fsp3) is 0.448. The molecule has 0 aliphatic carbocycles. The molecular formula is C29H35Cl2N3O4. The summed E-state index contributed by atoms with van der Waals surface area (Å²) < 4.78 is 17.5. The van der Waals surface area contributed by atoms with Gasteiger partial charge in [0.15, 0.2) is 0 Å². The number of hydrogen-bond acceptors (Lipinski definition) is 6. The summed E-state index contributed by atoms with van der Waals surface area (Å²) in [4.78, 5) is 20.7. The van der Waals surface area contributed by atoms with E-state index in [1.54, 1.807) is 19.2 Å². The summed E-state index contributed by atoms with van der Waals surface area (Å²) in [5.41, 5.74) is 1.65. The van der Waals surface area contributed by atoms with Gasteiger partial charge in [-0.3, -0.25) is 4.79 Å². The van der Waals surface area contributed by atoms with E-state index in [1.165, 1.54) is 0 Å². The Morgan fingerprint density at radius 3 is 2.68 bits per heavy atom. The smallest absolute Gasteiger partial charge is 0.273 e. The molecular weight excluding hydrogens is 525 g/mol. The van der Waals surface area contributed by atoms with E-state index in [9.17, 15) is 4.79 Å². The summed E-state index contributed by atoms with van der Waals surface area (Å²) in [7, 11) is 1.66. The lowest BCUT2D eigenvalue weighted by molar-refractivity contribution is 0.0567. The molecule has 38 heavy (non-hydrogen) atoms. The van der Waals surface area contributed by atoms with E-state index in [0.29, 0.717) is 46.0 Å². The van der Waals surface area contributed by atoms with Crippen molar-refractivity contribution in [2.24, 2.45) is 0 Å². The highest BCUT2D eigenvalue weighted by Crippen LogP contribution is 2.34. The number of methoxy groups -OCH3 is 1. The number of ether oxygens (including phenoxy) is 3. The Kier molecular flexibility index (Phi) is 10.1. The number of amides is 1. The normalized spacial score (nSPS) is 15.6. The van der Waals surface area contributed by atoms with Crippen LogP contribution in [-0.2, 0) is 11.3 Å². The van der Waals surface area contributed by atoms with Crippen molar-refractivity contribution >= 4 is 40.0 Å². The van der Waals surface area contributed by atoms with Gasteiger partial charge >= 0.3 is 0 Å². The van der Waals surface area contributed by atoms with Crippen molar-refractivity contribution in [2.75, 3.05) is 33.4 Å². The Labute approximate surface area is 234 Å². The van der Waals surface area contributed by atoms with Gasteiger partial charge in [-0.25, -0.2) is 4.98 Å². The number of aromatic nitrogens is 1. The molecule has 1 N–H and O–H groups in total. The van der Waals surface area contributed by atoms with Crippen molar-refractivity contribution in [2.45, 2.75) is 51.8 Å². The molecule has 3 aromatic rings. The van der Waals surface area contributed by atoms with Crippen molar-refractivity contribution in [3.8, 4) is 11.5 Å². The molecule has 1 amide bonds. The van der Waals surface area contributed by atoms with Gasteiger partial charge in [-0.1, -0.05) is 41.4 Å². The Morgan fingerprint density at radius 1 is 1.13 bits per heavy atom. The van der Waals surface area contributed by atoms with Gasteiger partial charge < -0.3 is 24.4 Å². The number of carbonyl (C=O) groups is 1. The maximum Gasteiger partial charge on any atom is 0.273 e. The van der Waals surface area contributed by atoms with Crippen LogP contribution in [0.3, 0.4) is 0 Å². The van der Waals surface area contributed by atoms with Gasteiger partial charge in [-0.05, 0) is 51.4 Å². The number of nitrogens with zero attached hydrogens (tertiary/aromatic N) is 2. The Hall–Kier alpha value is -2.58. The maximum atomic E-state index is 13.9. The van der Waals surface area contributed by atoms with Crippen molar-refractivity contribution in [3.05, 3.63) is 63.8 Å². The molecule has 1 saturated heterocycles. The number of halogens is 2. The largest absolute Gasteiger partial charge is 0.493 e. The molecule has 1 aliphatic rings. The minimum absolute atomic E-state index is 0.0208. The highest BCUT2D eigenvalue weighted by atomic mass is 35.5. The predicted octanol–water partition coefficient (Wildman–Crippen LogP) is 6.14. The van der Waals surface area contributed by atoms with Crippen molar-refractivity contribution in [1.29, 1.82) is 0 Å². The topological polar surface area (TPSA) is 72.9 Å². The molecule has 2 aromatic carbocycles. The van der Waals surface area contributed by atoms with Gasteiger partial charge in [0.05, 0.1) is 16.7 Å². The van der Waals surface area contributed by atoms with Crippen LogP contribution in [0.25, 0.3) is 10.9 Å². The number of piperidine rings is 1. The molecule has 7 nitrogen and oxygen atoms in total. The third kappa shape index (κ3) is 6.70. The minimum Gasteiger partial charge on any atom is -0.493 e. The van der Waals surface area contributed by atoms with Gasteiger partial charge in [0, 0.05) is 55.8 Å². The zero-order valence-electron chi connectivity index (χ0n) is 22.1. The van der Waals surface area contributed by atoms with Crippen molar-refractivity contribution in [1.82, 2.24) is 15.2 Å². The molecule has 2 heterocycles. The highest BCUT2D eigenvalue weighted by molar-refractivity contribution is 6.42. The van der Waals surface area contributed by atoms with E-state index in [2.05, 4.69) is 5.32 Å². The molecule has 1 fully saturated rings. The van der Waals surface area contributed by atoms with Crippen molar-refractivity contribution in [3.63, 3.8) is 0 Å². The third-order valence-corrected chi connectivity index (χ3v) is 7.46. The molecule has 1 atom stereocenters. The van der Waals surface area contributed by atoms with Gasteiger partial charge in [0.25, 0.3) is 5.91 Å². The molecule has 204 valence electrons. The summed E-state index contributed by atoms with van der Waals surface area (Å²) >= 11 is 12.6. The first-order chi connectivity index (χ1) is 18.4. The summed E-state index contributed by atoms with van der Waals surface area (Å²) in [6.45, 7) is 7.06. The average Bonchev–Trinajstić information content (AvgIpc) is 2.92. The predicted molar refractivity (Wildman–Crippen MR) is 152 cm³/mol. The molecule has 0 saturated carbocycles. The Balaban J connectivity index is 1.71. The molecule has 0 unspecified atom stereocenters. The fourth-order valence-electron chi connectivity index (χ4n) is 4.76. The van der Waals surface area contributed by atoms with Gasteiger partial charge in [-0.15, -0.1) is 0 Å². The number of nitrogens with one attached hydrogen (secondary N) is 1. The van der Waals surface area contributed by atoms with Gasteiger partial charge in [-0.2, -0.15) is 0 Å². The second-order valence-corrected chi connectivity index (χ2v) is 10.4. The van der Waals surface area contributed by atoms with Crippen LogP contribution in [0.4, 0.5) is 0 Å². The van der Waals surface area contributed by atoms with Gasteiger partial charge in [0.2, 0.25) is 0 Å². The number of carbonyl (C=O) groups excluding carboxylic acids is 1. The number of benzene rings is 2. The Bertz CT molecular complexity index is 1250. The summed E-state index contributed by atoms with van der Waals surface area (Å²) in [6.07, 6.45) is 2.71. The zero-order valence-corrected chi connectivity index (χ0v) is 23.6. The van der Waals surface area contributed by atoms with Crippen LogP contribution >= 0.6 is 23.2 Å². The first-order valence-corrected chi connectivity index (χ1v) is 13.8. The van der Waals surface area contributed by atoms with Crippen LogP contribution in [0.5, 0.6) is 11.5 Å². The molecule has 9 heteroatoms. The van der Waals surface area contributed by atoms with Crippen LogP contribution in [-0.4, -0.2) is 61.3 Å². The molecule has 0 spiro atoms. The van der Waals surface area contributed by atoms with E-state index in [4.69, 9.17) is 42.4 Å². The summed E-state index contributed by atoms with van der Waals surface area (Å²) in [5.74, 6) is 1.00. The quantitative estimate of drug-likeness (QED) is 0.284. The van der Waals surface area contributed by atoms with E-state index in [1.807, 2.05) is 49.1 Å². The second-order valence-electron chi connectivity index (χ2n) is 9.66. The summed E-state index contributed by atoms with van der Waals surface area (Å²) in [5, 5.41) is 5.10. The lowest BCUT2D eigenvalue weighted by Gasteiger charge is -2.37. The number of pyridine rings is 1. The first-order valence-electron chi connectivity index (χ1n) is 13.0. The minimum atomic E-state index is -0.120. The standard InChI is InChI=1S/C29H35Cl2N3O4/c1-19(2)34(21-9-6-13-32-17-21)29(35)24-16-26(37-15-7-14-36-3)22-10-5-12-25(28(22)33-24)38-18-20-8-4-11-23(30)27(20)31/h4-5,8,10-12,16,19,21,32H,6-7,9,13-15,17-18H2,1-3H3/t21-/m1/s1. The average molecular weight is 561 g/mol. The van der Waals surface area contributed by atoms with Crippen LogP contribution in [0.1, 0.15) is 49.2 Å². The Morgan fingerprint density at radius 2 is 1.95 bits per heavy atom. The molecule has 0 bridgehead atoms. The molecule has 1 aliphatic heterocycles. The first kappa shape index (κ1) is 28.4. The van der Waals surface area contributed by atoms with Gasteiger partial charge in [0.1, 0.15) is 29.3 Å². The van der Waals surface area contributed by atoms with Crippen LogP contribution in [0, 0.1) is 0 Å². The molecule has 4 rings (SSSR count). The van der Waals surface area contributed by atoms with E-state index < -0.39 is 0 Å². The summed E-state index contributed by atoms with van der Waals surface area (Å²) in [6, 6.07) is 13.0. The zero-order chi connectivity index (χ0) is 27.1. The maximum absolute atomic E-state index is 13.9. The number of hydrogen-bond donors (Lipinski definition) is 1. The van der Waals surface area contributed by atoms with E-state index >= 15 is 0 Å². The molecule has 1 aromatic heterocycles. The SMILES string of the molecule is COCCCOc1cc(C(=O)N(C(C)C)[C@@H]2CCCNC2)nc2c(OCc3cccc(Cl)c3Cl)cccc12. The third-order valence-electron chi connectivity index (χ3n) is 6.60. The lowest BCUT2D eigenvalue weighted by Crippen LogP contribution is -2.51. The van der Waals surface area contributed by atoms with Crippen LogP contribution < -0.4 is 14.8 Å². The lowest BCUT2D eigenvalue weighted by atomic mass is 10.0. The van der Waals surface area contributed by atoms with E-state index in [0.717, 1.165) is 43.3 Å². The fourth-order valence-corrected chi connectivity index (χ4v) is 5.14. The second kappa shape index (κ2) is 13.5. The van der Waals surface area contributed by atoms with Crippen LogP contribution in [0.15, 0.2) is 42.5 Å². The monoisotopic (exact) mass is 559 g/mol. The highest BCUT2D eigenvalue weighted by Gasteiger charge is 2.30. The van der Waals surface area contributed by atoms with Crippen LogP contribution in [0.2, 0.25) is 10.0 Å². The van der Waals surface area contributed by atoms with Crippen molar-refractivity contribution < 1.29 is 19.0 Å². The number of para-hydroxylation sites is 1. The number of fused-ring (bicyclic) bond motifs is 1.